The second-order valence-corrected chi connectivity index (χ2v) is 9.03. The van der Waals surface area contributed by atoms with E-state index < -0.39 is 0 Å². The van der Waals surface area contributed by atoms with Crippen molar-refractivity contribution in [1.82, 2.24) is 14.7 Å². The van der Waals surface area contributed by atoms with Gasteiger partial charge >= 0.3 is 6.09 Å². The van der Waals surface area contributed by atoms with E-state index in [0.717, 1.165) is 44.7 Å². The fraction of sp³-hybridized carbons (Fsp3) is 0.462. The molecule has 176 valence electrons. The zero-order chi connectivity index (χ0) is 23.2. The molecule has 0 saturated carbocycles. The van der Waals surface area contributed by atoms with E-state index in [2.05, 4.69) is 28.0 Å². The molecule has 7 nitrogen and oxygen atoms in total. The number of benzene rings is 2. The Morgan fingerprint density at radius 1 is 0.939 bits per heavy atom. The summed E-state index contributed by atoms with van der Waals surface area (Å²) in [5.74, 6) is 0.180. The van der Waals surface area contributed by atoms with Crippen molar-refractivity contribution in [3.8, 4) is 0 Å². The highest BCUT2D eigenvalue weighted by atomic mass is 16.6. The number of fused-ring (bicyclic) bond motifs is 1. The van der Waals surface area contributed by atoms with E-state index in [1.54, 1.807) is 23.9 Å². The number of nitrogens with zero attached hydrogens (tertiary/aromatic N) is 4. The van der Waals surface area contributed by atoms with Crippen molar-refractivity contribution in [2.75, 3.05) is 58.3 Å². The number of ether oxygens (including phenoxy) is 1. The second-order valence-electron chi connectivity index (χ2n) is 9.03. The van der Waals surface area contributed by atoms with Gasteiger partial charge in [0.2, 0.25) is 5.91 Å². The Morgan fingerprint density at radius 2 is 1.70 bits per heavy atom. The summed E-state index contributed by atoms with van der Waals surface area (Å²) >= 11 is 0. The van der Waals surface area contributed by atoms with E-state index in [9.17, 15) is 9.59 Å². The molecule has 0 aliphatic carbocycles. The Labute approximate surface area is 196 Å². The van der Waals surface area contributed by atoms with Crippen molar-refractivity contribution in [3.63, 3.8) is 0 Å². The van der Waals surface area contributed by atoms with E-state index in [0.29, 0.717) is 26.1 Å². The van der Waals surface area contributed by atoms with Crippen LogP contribution in [0.4, 0.5) is 10.5 Å². The minimum atomic E-state index is -0.254. The fourth-order valence-corrected chi connectivity index (χ4v) is 4.41. The molecular weight excluding hydrogens is 416 g/mol. The Hall–Kier alpha value is -3.06. The van der Waals surface area contributed by atoms with E-state index in [4.69, 9.17) is 4.74 Å². The molecule has 0 bridgehead atoms. The third-order valence-corrected chi connectivity index (χ3v) is 6.54. The van der Waals surface area contributed by atoms with Crippen LogP contribution in [0.3, 0.4) is 0 Å². The quantitative estimate of drug-likeness (QED) is 0.677. The molecule has 2 amide bonds. The standard InChI is InChI=1S/C26H34N4O3/c1-27(2)25(31)11-12-28-14-16-29(17-15-28)24-9-8-22-10-13-30(19-23(22)18-24)26(32)33-20-21-6-4-3-5-7-21/h3-9,18H,10-17,19-20H2,1-2H3. The fourth-order valence-electron chi connectivity index (χ4n) is 4.41. The largest absolute Gasteiger partial charge is 0.445 e. The zero-order valence-electron chi connectivity index (χ0n) is 19.7. The van der Waals surface area contributed by atoms with Crippen molar-refractivity contribution in [2.24, 2.45) is 0 Å². The molecule has 2 heterocycles. The summed E-state index contributed by atoms with van der Waals surface area (Å²) in [4.78, 5) is 32.7. The Balaban J connectivity index is 1.30. The molecule has 2 aromatic rings. The molecule has 2 aliphatic heterocycles. The lowest BCUT2D eigenvalue weighted by Crippen LogP contribution is -2.47. The normalized spacial score (nSPS) is 16.3. The first-order chi connectivity index (χ1) is 16.0. The maximum atomic E-state index is 12.6. The molecule has 33 heavy (non-hydrogen) atoms. The van der Waals surface area contributed by atoms with Crippen molar-refractivity contribution in [1.29, 1.82) is 0 Å². The average Bonchev–Trinajstić information content (AvgIpc) is 2.86. The van der Waals surface area contributed by atoms with Crippen LogP contribution < -0.4 is 4.90 Å². The Morgan fingerprint density at radius 3 is 2.42 bits per heavy atom. The van der Waals surface area contributed by atoms with Gasteiger partial charge in [0.25, 0.3) is 0 Å². The molecule has 0 atom stereocenters. The average molecular weight is 451 g/mol. The van der Waals surface area contributed by atoms with Crippen LogP contribution in [0, 0.1) is 0 Å². The predicted octanol–water partition coefficient (Wildman–Crippen LogP) is 2.98. The molecule has 2 aliphatic rings. The van der Waals surface area contributed by atoms with Crippen molar-refractivity contribution < 1.29 is 14.3 Å². The van der Waals surface area contributed by atoms with Crippen molar-refractivity contribution in [3.05, 3.63) is 65.2 Å². The van der Waals surface area contributed by atoms with E-state index in [1.165, 1.54) is 16.8 Å². The van der Waals surface area contributed by atoms with Gasteiger partial charge < -0.3 is 19.4 Å². The third-order valence-electron chi connectivity index (χ3n) is 6.54. The van der Waals surface area contributed by atoms with Crippen molar-refractivity contribution >= 4 is 17.7 Å². The molecule has 4 rings (SSSR count). The summed E-state index contributed by atoms with van der Waals surface area (Å²) in [6.45, 7) is 6.18. The van der Waals surface area contributed by atoms with Gasteiger partial charge in [-0.05, 0) is 35.2 Å². The molecule has 7 heteroatoms. The molecule has 2 aromatic carbocycles. The number of rotatable bonds is 6. The van der Waals surface area contributed by atoms with Gasteiger partial charge in [0.05, 0.1) is 0 Å². The molecule has 0 aromatic heterocycles. The molecule has 0 unspecified atom stereocenters. The van der Waals surface area contributed by atoms with E-state index >= 15 is 0 Å². The highest BCUT2D eigenvalue weighted by Crippen LogP contribution is 2.26. The van der Waals surface area contributed by atoms with Crippen molar-refractivity contribution in [2.45, 2.75) is 26.0 Å². The number of carbonyl (C=O) groups excluding carboxylic acids is 2. The minimum Gasteiger partial charge on any atom is -0.445 e. The lowest BCUT2D eigenvalue weighted by Gasteiger charge is -2.37. The summed E-state index contributed by atoms with van der Waals surface area (Å²) in [7, 11) is 3.61. The topological polar surface area (TPSA) is 56.3 Å². The summed E-state index contributed by atoms with van der Waals surface area (Å²) in [6.07, 6.45) is 1.17. The molecule has 1 saturated heterocycles. The Kier molecular flexibility index (Phi) is 7.50. The van der Waals surface area contributed by atoms with Gasteiger partial charge in [-0.25, -0.2) is 4.79 Å². The zero-order valence-corrected chi connectivity index (χ0v) is 19.7. The summed E-state index contributed by atoms with van der Waals surface area (Å²) in [5.41, 5.74) is 4.72. The van der Waals surface area contributed by atoms with E-state index in [-0.39, 0.29) is 12.0 Å². The van der Waals surface area contributed by atoms with Gasteiger partial charge in [0.15, 0.2) is 0 Å². The van der Waals surface area contributed by atoms with Crippen LogP contribution in [0.1, 0.15) is 23.1 Å². The lowest BCUT2D eigenvalue weighted by atomic mass is 9.99. The summed E-state index contributed by atoms with van der Waals surface area (Å²) in [6, 6.07) is 16.4. The molecule has 0 N–H and O–H groups in total. The second kappa shape index (κ2) is 10.7. The highest BCUT2D eigenvalue weighted by molar-refractivity contribution is 5.75. The van der Waals surface area contributed by atoms with Crippen LogP contribution in [0.15, 0.2) is 48.5 Å². The molecule has 0 spiro atoms. The van der Waals surface area contributed by atoms with Gasteiger partial charge in [0, 0.05) is 72.0 Å². The maximum Gasteiger partial charge on any atom is 0.410 e. The van der Waals surface area contributed by atoms with Gasteiger partial charge in [-0.15, -0.1) is 0 Å². The Bertz CT molecular complexity index is 955. The molecule has 1 fully saturated rings. The maximum absolute atomic E-state index is 12.6. The monoisotopic (exact) mass is 450 g/mol. The number of hydrogen-bond acceptors (Lipinski definition) is 5. The number of amides is 2. The predicted molar refractivity (Wildman–Crippen MR) is 129 cm³/mol. The van der Waals surface area contributed by atoms with Crippen LogP contribution in [0.2, 0.25) is 0 Å². The van der Waals surface area contributed by atoms with Crippen LogP contribution in [0.25, 0.3) is 0 Å². The number of piperazine rings is 1. The first-order valence-electron chi connectivity index (χ1n) is 11.7. The van der Waals surface area contributed by atoms with E-state index in [1.807, 2.05) is 30.3 Å². The van der Waals surface area contributed by atoms with Crippen LogP contribution >= 0.6 is 0 Å². The SMILES string of the molecule is CN(C)C(=O)CCN1CCN(c2ccc3c(c2)CN(C(=O)OCc2ccccc2)CC3)CC1. The first kappa shape index (κ1) is 23.1. The van der Waals surface area contributed by atoms with Gasteiger partial charge in [-0.3, -0.25) is 9.69 Å². The number of anilines is 1. The van der Waals surface area contributed by atoms with Crippen LogP contribution in [0.5, 0.6) is 0 Å². The highest BCUT2D eigenvalue weighted by Gasteiger charge is 2.24. The first-order valence-corrected chi connectivity index (χ1v) is 11.7. The lowest BCUT2D eigenvalue weighted by molar-refractivity contribution is -0.129. The summed E-state index contributed by atoms with van der Waals surface area (Å²) < 4.78 is 5.54. The smallest absolute Gasteiger partial charge is 0.410 e. The minimum absolute atomic E-state index is 0.180. The third kappa shape index (κ3) is 6.05. The van der Waals surface area contributed by atoms with Gasteiger partial charge in [-0.2, -0.15) is 0 Å². The number of hydrogen-bond donors (Lipinski definition) is 0. The van der Waals surface area contributed by atoms with Gasteiger partial charge in [-0.1, -0.05) is 36.4 Å². The van der Waals surface area contributed by atoms with Crippen LogP contribution in [-0.4, -0.2) is 80.1 Å². The number of carbonyl (C=O) groups is 2. The molecule has 0 radical (unpaired) electrons. The van der Waals surface area contributed by atoms with Gasteiger partial charge in [0.1, 0.15) is 6.61 Å². The molecular formula is C26H34N4O3. The van der Waals surface area contributed by atoms with Crippen LogP contribution in [-0.2, 0) is 29.1 Å². The summed E-state index contributed by atoms with van der Waals surface area (Å²) in [5, 5.41) is 0.